The minimum Gasteiger partial charge on any atom is -0.294 e. The van der Waals surface area contributed by atoms with Crippen LogP contribution in [0.15, 0.2) is 36.4 Å². The molecule has 0 amide bonds. The van der Waals surface area contributed by atoms with Gasteiger partial charge in [-0.05, 0) is 47.1 Å². The summed E-state index contributed by atoms with van der Waals surface area (Å²) in [5.41, 5.74) is 1.81. The summed E-state index contributed by atoms with van der Waals surface area (Å²) in [6, 6.07) is 19.7. The zero-order chi connectivity index (χ0) is 21.1. The second-order valence-corrected chi connectivity index (χ2v) is 8.80. The van der Waals surface area contributed by atoms with Crippen molar-refractivity contribution in [1.29, 1.82) is 21.0 Å². The Bertz CT molecular complexity index is 1210. The lowest BCUT2D eigenvalue weighted by Gasteiger charge is -2.37. The normalized spacial score (nSPS) is 20.7. The largest absolute Gasteiger partial charge is 0.294 e. The van der Waals surface area contributed by atoms with Gasteiger partial charge in [0.05, 0.1) is 24.3 Å². The van der Waals surface area contributed by atoms with E-state index in [1.165, 1.54) is 0 Å². The highest BCUT2D eigenvalue weighted by atomic mass is 16.1. The molecular formula is C25H16N4O. The van der Waals surface area contributed by atoms with Gasteiger partial charge >= 0.3 is 0 Å². The molecule has 5 heteroatoms. The highest BCUT2D eigenvalue weighted by Crippen LogP contribution is 2.52. The number of fused-ring (bicyclic) bond motifs is 3. The SMILES string of the molecule is N#CC1(C#N)Cc2cc3c(cc2CC1(C#N)C#N)CC1(C3)Cc2ccccc2C1=O. The molecular weight excluding hydrogens is 372 g/mol. The Morgan fingerprint density at radius 3 is 1.53 bits per heavy atom. The lowest BCUT2D eigenvalue weighted by atomic mass is 9.57. The second-order valence-electron chi connectivity index (χ2n) is 8.80. The Morgan fingerprint density at radius 1 is 0.633 bits per heavy atom. The van der Waals surface area contributed by atoms with Gasteiger partial charge in [-0.1, -0.05) is 36.4 Å². The molecule has 2 aromatic carbocycles. The van der Waals surface area contributed by atoms with Gasteiger partial charge in [0.15, 0.2) is 16.6 Å². The number of hydrogen-bond donors (Lipinski definition) is 0. The monoisotopic (exact) mass is 388 g/mol. The molecule has 5 nitrogen and oxygen atoms in total. The molecule has 2 aromatic rings. The summed E-state index contributed by atoms with van der Waals surface area (Å²) in [4.78, 5) is 13.2. The molecule has 0 atom stereocenters. The molecule has 0 aromatic heterocycles. The Kier molecular flexibility index (Phi) is 3.50. The van der Waals surface area contributed by atoms with Crippen molar-refractivity contribution < 1.29 is 4.79 Å². The molecule has 142 valence electrons. The second kappa shape index (κ2) is 5.79. The van der Waals surface area contributed by atoms with Gasteiger partial charge in [-0.2, -0.15) is 21.0 Å². The fraction of sp³-hybridized carbons (Fsp3) is 0.320. The van der Waals surface area contributed by atoms with Crippen LogP contribution in [-0.4, -0.2) is 5.78 Å². The number of benzene rings is 2. The van der Waals surface area contributed by atoms with E-state index in [-0.39, 0.29) is 18.6 Å². The van der Waals surface area contributed by atoms with Gasteiger partial charge in [-0.15, -0.1) is 0 Å². The molecule has 0 unspecified atom stereocenters. The maximum Gasteiger partial charge on any atom is 0.179 e. The fourth-order valence-electron chi connectivity index (χ4n) is 5.62. The van der Waals surface area contributed by atoms with Crippen molar-refractivity contribution in [2.45, 2.75) is 32.1 Å². The summed E-state index contributed by atoms with van der Waals surface area (Å²) in [5, 5.41) is 39.0. The number of ketones is 1. The van der Waals surface area contributed by atoms with E-state index >= 15 is 0 Å². The minimum atomic E-state index is -1.70. The molecule has 0 saturated heterocycles. The zero-order valence-corrected chi connectivity index (χ0v) is 16.2. The van der Waals surface area contributed by atoms with Gasteiger partial charge < -0.3 is 0 Å². The predicted molar refractivity (Wildman–Crippen MR) is 105 cm³/mol. The van der Waals surface area contributed by atoms with Gasteiger partial charge in [0.1, 0.15) is 0 Å². The molecule has 3 aliphatic carbocycles. The van der Waals surface area contributed by atoms with Crippen LogP contribution < -0.4 is 0 Å². The lowest BCUT2D eigenvalue weighted by molar-refractivity contribution is 0.0831. The molecule has 5 rings (SSSR count). The van der Waals surface area contributed by atoms with Crippen LogP contribution in [0.25, 0.3) is 0 Å². The first-order valence-electron chi connectivity index (χ1n) is 9.87. The number of hydrogen-bond acceptors (Lipinski definition) is 5. The van der Waals surface area contributed by atoms with Crippen molar-refractivity contribution in [3.05, 3.63) is 69.8 Å². The highest BCUT2D eigenvalue weighted by Gasteiger charge is 2.58. The topological polar surface area (TPSA) is 112 Å². The van der Waals surface area contributed by atoms with Crippen LogP contribution >= 0.6 is 0 Å². The van der Waals surface area contributed by atoms with E-state index in [4.69, 9.17) is 0 Å². The van der Waals surface area contributed by atoms with E-state index in [2.05, 4.69) is 0 Å². The van der Waals surface area contributed by atoms with Gasteiger partial charge in [-0.3, -0.25) is 4.79 Å². The minimum absolute atomic E-state index is 0.0465. The molecule has 3 aliphatic rings. The smallest absolute Gasteiger partial charge is 0.179 e. The maximum atomic E-state index is 13.2. The van der Waals surface area contributed by atoms with Crippen molar-refractivity contribution >= 4 is 5.78 Å². The van der Waals surface area contributed by atoms with Crippen LogP contribution in [0.1, 0.15) is 38.2 Å². The van der Waals surface area contributed by atoms with E-state index in [1.54, 1.807) is 0 Å². The number of carbonyl (C=O) groups excluding carboxylic acids is 1. The average molecular weight is 388 g/mol. The number of carbonyl (C=O) groups is 1. The number of Topliss-reactive ketones (excluding diaryl/α,β-unsaturated/α-hetero) is 1. The van der Waals surface area contributed by atoms with Gasteiger partial charge in [0, 0.05) is 23.8 Å². The number of rotatable bonds is 0. The standard InChI is InChI=1S/C25H16N4O/c26-12-24(13-27)10-19-5-17-8-23(7-16-3-1-2-4-21(16)22(23)30)9-18(17)6-20(19)11-25(24,14-28)15-29/h1-6H,7-11H2. The third-order valence-corrected chi connectivity index (χ3v) is 7.26. The van der Waals surface area contributed by atoms with Crippen LogP contribution in [0.5, 0.6) is 0 Å². The highest BCUT2D eigenvalue weighted by molar-refractivity contribution is 6.05. The molecule has 0 bridgehead atoms. The van der Waals surface area contributed by atoms with E-state index in [9.17, 15) is 25.8 Å². The van der Waals surface area contributed by atoms with Crippen molar-refractivity contribution in [2.75, 3.05) is 0 Å². The first-order valence-corrected chi connectivity index (χ1v) is 9.87. The van der Waals surface area contributed by atoms with Crippen LogP contribution in [0, 0.1) is 61.6 Å². The van der Waals surface area contributed by atoms with Crippen molar-refractivity contribution in [3.8, 4) is 24.3 Å². The van der Waals surface area contributed by atoms with Crippen LogP contribution in [0.2, 0.25) is 0 Å². The predicted octanol–water partition coefficient (Wildman–Crippen LogP) is 3.38. The average Bonchev–Trinajstić information content (AvgIpc) is 3.26. The van der Waals surface area contributed by atoms with E-state index in [0.29, 0.717) is 19.3 Å². The van der Waals surface area contributed by atoms with Crippen LogP contribution in [0.4, 0.5) is 0 Å². The lowest BCUT2D eigenvalue weighted by Crippen LogP contribution is -2.45. The Hall–Kier alpha value is -3.93. The first kappa shape index (κ1) is 18.1. The Balaban J connectivity index is 1.58. The van der Waals surface area contributed by atoms with Crippen molar-refractivity contribution in [1.82, 2.24) is 0 Å². The summed E-state index contributed by atoms with van der Waals surface area (Å²) in [6.07, 6.45) is 2.07. The molecule has 1 spiro atoms. The van der Waals surface area contributed by atoms with Crippen molar-refractivity contribution in [3.63, 3.8) is 0 Å². The molecule has 30 heavy (non-hydrogen) atoms. The summed E-state index contributed by atoms with van der Waals surface area (Å²) in [6.45, 7) is 0. The summed E-state index contributed by atoms with van der Waals surface area (Å²) >= 11 is 0. The summed E-state index contributed by atoms with van der Waals surface area (Å²) in [7, 11) is 0. The fourth-order valence-corrected chi connectivity index (χ4v) is 5.62. The number of nitriles is 4. The molecule has 0 N–H and O–H groups in total. The van der Waals surface area contributed by atoms with Crippen LogP contribution in [-0.2, 0) is 32.1 Å². The third kappa shape index (κ3) is 2.05. The van der Waals surface area contributed by atoms with Crippen LogP contribution in [0.3, 0.4) is 0 Å². The molecule has 0 radical (unpaired) electrons. The molecule has 0 saturated carbocycles. The van der Waals surface area contributed by atoms with E-state index in [0.717, 1.165) is 33.4 Å². The summed E-state index contributed by atoms with van der Waals surface area (Å²) < 4.78 is 0. The number of nitrogens with zero attached hydrogens (tertiary/aromatic N) is 4. The zero-order valence-electron chi connectivity index (χ0n) is 16.2. The Morgan fingerprint density at radius 2 is 1.07 bits per heavy atom. The maximum absolute atomic E-state index is 13.2. The van der Waals surface area contributed by atoms with Gasteiger partial charge in [0.25, 0.3) is 0 Å². The molecule has 0 heterocycles. The first-order chi connectivity index (χ1) is 14.5. The van der Waals surface area contributed by atoms with E-state index in [1.807, 2.05) is 60.7 Å². The summed E-state index contributed by atoms with van der Waals surface area (Å²) in [5.74, 6) is 0.180. The van der Waals surface area contributed by atoms with Gasteiger partial charge in [0.2, 0.25) is 0 Å². The molecule has 0 fully saturated rings. The van der Waals surface area contributed by atoms with E-state index < -0.39 is 16.2 Å². The Labute approximate surface area is 174 Å². The third-order valence-electron chi connectivity index (χ3n) is 7.26. The van der Waals surface area contributed by atoms with Gasteiger partial charge in [-0.25, -0.2) is 0 Å². The quantitative estimate of drug-likeness (QED) is 0.687. The molecule has 0 aliphatic heterocycles. The van der Waals surface area contributed by atoms with Crippen molar-refractivity contribution in [2.24, 2.45) is 16.2 Å².